The Balaban J connectivity index is 1.73. The second-order valence-corrected chi connectivity index (χ2v) is 7.21. The molecule has 1 aromatic heterocycles. The predicted molar refractivity (Wildman–Crippen MR) is 112 cm³/mol. The molecule has 8 heteroatoms. The maximum atomic E-state index is 14.1. The van der Waals surface area contributed by atoms with Gasteiger partial charge >= 0.3 is 5.97 Å². The summed E-state index contributed by atoms with van der Waals surface area (Å²) in [4.78, 5) is 27.6. The number of carbonyl (C=O) groups is 2. The molecular weight excluding hydrogens is 409 g/mol. The zero-order valence-electron chi connectivity index (χ0n) is 16.5. The topological polar surface area (TPSA) is 65.1 Å². The molecule has 0 aliphatic heterocycles. The number of hydrogen-bond donors (Lipinski definition) is 0. The summed E-state index contributed by atoms with van der Waals surface area (Å²) in [6.07, 6.45) is 0. The average molecular weight is 429 g/mol. The van der Waals surface area contributed by atoms with Gasteiger partial charge in [-0.2, -0.15) is 0 Å². The molecule has 156 valence electrons. The molecular formula is C22H20FNO5S. The summed E-state index contributed by atoms with van der Waals surface area (Å²) in [5.74, 6) is -1.20. The zero-order valence-corrected chi connectivity index (χ0v) is 17.3. The molecule has 6 nitrogen and oxygen atoms in total. The number of ether oxygens (including phenoxy) is 3. The third kappa shape index (κ3) is 5.15. The lowest BCUT2D eigenvalue weighted by Crippen LogP contribution is -2.34. The van der Waals surface area contributed by atoms with Gasteiger partial charge in [-0.25, -0.2) is 9.18 Å². The Bertz CT molecular complexity index is 1000. The van der Waals surface area contributed by atoms with Gasteiger partial charge < -0.3 is 19.1 Å². The number of carbonyl (C=O) groups excluding carboxylic acids is 2. The van der Waals surface area contributed by atoms with Gasteiger partial charge in [0.05, 0.1) is 26.3 Å². The van der Waals surface area contributed by atoms with E-state index in [1.54, 1.807) is 31.4 Å². The second kappa shape index (κ2) is 9.89. The van der Waals surface area contributed by atoms with Crippen LogP contribution in [0.25, 0.3) is 0 Å². The number of rotatable bonds is 8. The van der Waals surface area contributed by atoms with Crippen molar-refractivity contribution < 1.29 is 28.2 Å². The molecule has 0 unspecified atom stereocenters. The smallest absolute Gasteiger partial charge is 0.341 e. The highest BCUT2D eigenvalue weighted by molar-refractivity contribution is 7.09. The van der Waals surface area contributed by atoms with Gasteiger partial charge in [0, 0.05) is 16.6 Å². The van der Waals surface area contributed by atoms with Crippen molar-refractivity contribution in [3.8, 4) is 11.5 Å². The van der Waals surface area contributed by atoms with E-state index in [4.69, 9.17) is 14.2 Å². The quantitative estimate of drug-likeness (QED) is 0.500. The van der Waals surface area contributed by atoms with Crippen LogP contribution in [-0.2, 0) is 16.1 Å². The Kier molecular flexibility index (Phi) is 7.03. The van der Waals surface area contributed by atoms with E-state index in [1.807, 2.05) is 17.5 Å². The van der Waals surface area contributed by atoms with Crippen molar-refractivity contribution in [2.45, 2.75) is 6.54 Å². The normalized spacial score (nSPS) is 10.4. The minimum absolute atomic E-state index is 0.266. The van der Waals surface area contributed by atoms with Crippen LogP contribution in [0.4, 0.5) is 10.1 Å². The molecule has 0 radical (unpaired) electrons. The number of hydrogen-bond acceptors (Lipinski definition) is 6. The van der Waals surface area contributed by atoms with Crippen molar-refractivity contribution in [3.63, 3.8) is 0 Å². The molecule has 2 aromatic carbocycles. The van der Waals surface area contributed by atoms with Crippen LogP contribution in [0.3, 0.4) is 0 Å². The Morgan fingerprint density at radius 2 is 1.70 bits per heavy atom. The van der Waals surface area contributed by atoms with Crippen molar-refractivity contribution in [3.05, 3.63) is 76.2 Å². The Morgan fingerprint density at radius 3 is 2.30 bits per heavy atom. The predicted octanol–water partition coefficient (Wildman–Crippen LogP) is 4.29. The van der Waals surface area contributed by atoms with Crippen molar-refractivity contribution >= 4 is 28.9 Å². The molecule has 0 N–H and O–H groups in total. The van der Waals surface area contributed by atoms with Crippen molar-refractivity contribution in [2.75, 3.05) is 25.7 Å². The molecule has 0 aliphatic rings. The molecule has 0 spiro atoms. The third-order valence-corrected chi connectivity index (χ3v) is 5.16. The van der Waals surface area contributed by atoms with Crippen LogP contribution >= 0.6 is 11.3 Å². The van der Waals surface area contributed by atoms with Crippen molar-refractivity contribution in [1.29, 1.82) is 0 Å². The van der Waals surface area contributed by atoms with Gasteiger partial charge in [-0.15, -0.1) is 11.3 Å². The highest BCUT2D eigenvalue weighted by Crippen LogP contribution is 2.23. The van der Waals surface area contributed by atoms with Gasteiger partial charge in [0.2, 0.25) is 0 Å². The van der Waals surface area contributed by atoms with E-state index in [0.29, 0.717) is 18.0 Å². The summed E-state index contributed by atoms with van der Waals surface area (Å²) in [5.41, 5.74) is 0.360. The molecule has 0 saturated heterocycles. The van der Waals surface area contributed by atoms with Gasteiger partial charge in [0.1, 0.15) is 17.3 Å². The summed E-state index contributed by atoms with van der Waals surface area (Å²) in [5, 5.41) is 1.92. The zero-order chi connectivity index (χ0) is 21.5. The fourth-order valence-corrected chi connectivity index (χ4v) is 3.41. The Labute approximate surface area is 177 Å². The van der Waals surface area contributed by atoms with Crippen molar-refractivity contribution in [1.82, 2.24) is 0 Å². The first-order valence-electron chi connectivity index (χ1n) is 8.99. The summed E-state index contributed by atoms with van der Waals surface area (Å²) < 4.78 is 29.2. The second-order valence-electron chi connectivity index (χ2n) is 6.18. The summed E-state index contributed by atoms with van der Waals surface area (Å²) >= 11 is 1.51. The van der Waals surface area contributed by atoms with Gasteiger partial charge in [-0.3, -0.25) is 4.79 Å². The molecule has 1 heterocycles. The molecule has 1 amide bonds. The first kappa shape index (κ1) is 21.3. The maximum absolute atomic E-state index is 14.1. The molecule has 3 rings (SSSR count). The van der Waals surface area contributed by atoms with E-state index in [2.05, 4.69) is 0 Å². The van der Waals surface area contributed by atoms with E-state index in [0.717, 1.165) is 10.9 Å². The van der Waals surface area contributed by atoms with Crippen LogP contribution in [0, 0.1) is 5.82 Å². The van der Waals surface area contributed by atoms with Gasteiger partial charge in [0.25, 0.3) is 5.91 Å². The number of halogens is 1. The van der Waals surface area contributed by atoms with E-state index in [9.17, 15) is 14.0 Å². The minimum atomic E-state index is -0.922. The fourth-order valence-electron chi connectivity index (χ4n) is 2.72. The van der Waals surface area contributed by atoms with Crippen LogP contribution in [0.2, 0.25) is 0 Å². The highest BCUT2D eigenvalue weighted by atomic mass is 32.1. The molecule has 0 fully saturated rings. The standard InChI is InChI=1S/C22H20FNO5S/c1-27-16-7-5-15(6-8-16)24(13-18-4-3-11-30-18)21(25)14-29-22(26)19-10-9-17(28-2)12-20(19)23/h3-12H,13-14H2,1-2H3. The monoisotopic (exact) mass is 429 g/mol. The SMILES string of the molecule is COc1ccc(N(Cc2cccs2)C(=O)COC(=O)c2ccc(OC)cc2F)cc1. The molecule has 0 saturated carbocycles. The lowest BCUT2D eigenvalue weighted by molar-refractivity contribution is -0.121. The van der Waals surface area contributed by atoms with Crippen LogP contribution in [0.15, 0.2) is 60.0 Å². The third-order valence-electron chi connectivity index (χ3n) is 4.30. The fraction of sp³-hybridized carbons (Fsp3) is 0.182. The lowest BCUT2D eigenvalue weighted by Gasteiger charge is -2.22. The van der Waals surface area contributed by atoms with Gasteiger partial charge in [0.15, 0.2) is 6.61 Å². The molecule has 0 aliphatic carbocycles. The number of nitrogens with zero attached hydrogens (tertiary/aromatic N) is 1. The summed E-state index contributed by atoms with van der Waals surface area (Å²) in [7, 11) is 2.95. The number of esters is 1. The highest BCUT2D eigenvalue weighted by Gasteiger charge is 2.21. The first-order chi connectivity index (χ1) is 14.5. The van der Waals surface area contributed by atoms with Crippen LogP contribution in [-0.4, -0.2) is 32.7 Å². The summed E-state index contributed by atoms with van der Waals surface area (Å²) in [6, 6.07) is 14.6. The lowest BCUT2D eigenvalue weighted by atomic mass is 10.2. The number of benzene rings is 2. The molecule has 30 heavy (non-hydrogen) atoms. The van der Waals surface area contributed by atoms with E-state index >= 15 is 0 Å². The molecule has 0 atom stereocenters. The number of anilines is 1. The number of amides is 1. The minimum Gasteiger partial charge on any atom is -0.497 e. The summed E-state index contributed by atoms with van der Waals surface area (Å²) in [6.45, 7) is -0.209. The van der Waals surface area contributed by atoms with Crippen LogP contribution in [0.5, 0.6) is 11.5 Å². The number of thiophene rings is 1. The number of methoxy groups -OCH3 is 2. The van der Waals surface area contributed by atoms with Gasteiger partial charge in [-0.1, -0.05) is 6.07 Å². The van der Waals surface area contributed by atoms with E-state index in [1.165, 1.54) is 35.5 Å². The molecule has 0 bridgehead atoms. The van der Waals surface area contributed by atoms with E-state index < -0.39 is 24.3 Å². The first-order valence-corrected chi connectivity index (χ1v) is 9.87. The van der Waals surface area contributed by atoms with E-state index in [-0.39, 0.29) is 11.3 Å². The van der Waals surface area contributed by atoms with Crippen molar-refractivity contribution in [2.24, 2.45) is 0 Å². The van der Waals surface area contributed by atoms with Crippen LogP contribution < -0.4 is 14.4 Å². The van der Waals surface area contributed by atoms with Crippen LogP contribution in [0.1, 0.15) is 15.2 Å². The largest absolute Gasteiger partial charge is 0.497 e. The Morgan fingerprint density at radius 1 is 1.00 bits per heavy atom. The average Bonchev–Trinajstić information content (AvgIpc) is 3.29. The maximum Gasteiger partial charge on any atom is 0.341 e. The van der Waals surface area contributed by atoms with Gasteiger partial charge in [-0.05, 0) is 47.8 Å². The Hall–Kier alpha value is -3.39. The molecule has 3 aromatic rings.